The fraction of sp³-hybridized carbons (Fsp3) is 0.571. The second-order valence-electron chi connectivity index (χ2n) is 8.28. The molecule has 0 saturated carbocycles. The first-order valence-corrected chi connectivity index (χ1v) is 10.2. The molecule has 0 aromatic heterocycles. The van der Waals surface area contributed by atoms with Gasteiger partial charge in [-0.3, -0.25) is 9.59 Å². The van der Waals surface area contributed by atoms with Gasteiger partial charge in [0.1, 0.15) is 6.04 Å². The Hall–Kier alpha value is -2.57. The molecule has 4 rings (SSSR count). The molecule has 1 aromatic rings. The van der Waals surface area contributed by atoms with E-state index in [9.17, 15) is 14.4 Å². The summed E-state index contributed by atoms with van der Waals surface area (Å²) in [6.45, 7) is 3.31. The zero-order chi connectivity index (χ0) is 19.6. The van der Waals surface area contributed by atoms with Gasteiger partial charge in [-0.1, -0.05) is 30.3 Å². The number of nitrogens with one attached hydrogen (secondary N) is 2. The van der Waals surface area contributed by atoms with Crippen molar-refractivity contribution in [3.63, 3.8) is 0 Å². The van der Waals surface area contributed by atoms with Gasteiger partial charge < -0.3 is 20.4 Å². The number of carbonyl (C=O) groups excluding carboxylic acids is 3. The summed E-state index contributed by atoms with van der Waals surface area (Å²) in [5.41, 5.74) is 1.38. The predicted molar refractivity (Wildman–Crippen MR) is 105 cm³/mol. The van der Waals surface area contributed by atoms with Gasteiger partial charge in [-0.15, -0.1) is 0 Å². The van der Waals surface area contributed by atoms with E-state index < -0.39 is 6.04 Å². The van der Waals surface area contributed by atoms with Crippen LogP contribution in [-0.2, 0) is 16.0 Å². The molecule has 3 saturated heterocycles. The monoisotopic (exact) mass is 384 g/mol. The lowest BCUT2D eigenvalue weighted by Gasteiger charge is -2.47. The third-order valence-corrected chi connectivity index (χ3v) is 6.47. The second-order valence-corrected chi connectivity index (χ2v) is 8.28. The summed E-state index contributed by atoms with van der Waals surface area (Å²) in [6, 6.07) is 9.56. The smallest absolute Gasteiger partial charge is 0.315 e. The van der Waals surface area contributed by atoms with Crippen LogP contribution >= 0.6 is 0 Å². The lowest BCUT2D eigenvalue weighted by Crippen LogP contribution is -2.55. The van der Waals surface area contributed by atoms with Crippen LogP contribution in [-0.4, -0.2) is 66.4 Å². The van der Waals surface area contributed by atoms with Crippen LogP contribution < -0.4 is 10.6 Å². The van der Waals surface area contributed by atoms with Crippen molar-refractivity contribution in [2.24, 2.45) is 5.41 Å². The zero-order valence-corrected chi connectivity index (χ0v) is 16.2. The average Bonchev–Trinajstić information content (AvgIpc) is 3.16. The van der Waals surface area contributed by atoms with Gasteiger partial charge in [0, 0.05) is 39.1 Å². The van der Waals surface area contributed by atoms with Crippen molar-refractivity contribution in [3.8, 4) is 0 Å². The Kier molecular flexibility index (Phi) is 5.24. The van der Waals surface area contributed by atoms with Crippen LogP contribution in [0.25, 0.3) is 0 Å². The van der Waals surface area contributed by atoms with Crippen LogP contribution in [0.4, 0.5) is 4.79 Å². The molecule has 0 aliphatic carbocycles. The van der Waals surface area contributed by atoms with E-state index >= 15 is 0 Å². The maximum atomic E-state index is 12.6. The fourth-order valence-electron chi connectivity index (χ4n) is 4.65. The molecule has 1 atom stereocenters. The molecule has 3 aliphatic heterocycles. The molecule has 7 heteroatoms. The Bertz CT molecular complexity index is 743. The Labute approximate surface area is 165 Å². The highest BCUT2D eigenvalue weighted by atomic mass is 16.2. The first-order chi connectivity index (χ1) is 13.5. The lowest BCUT2D eigenvalue weighted by molar-refractivity contribution is -0.143. The van der Waals surface area contributed by atoms with Gasteiger partial charge in [0.05, 0.1) is 0 Å². The van der Waals surface area contributed by atoms with Gasteiger partial charge in [0.25, 0.3) is 0 Å². The first kappa shape index (κ1) is 18.8. The quantitative estimate of drug-likeness (QED) is 0.817. The Balaban J connectivity index is 1.32. The largest absolute Gasteiger partial charge is 0.342 e. The number of likely N-dealkylation sites (tertiary alicyclic amines) is 2. The molecule has 7 nitrogen and oxygen atoms in total. The summed E-state index contributed by atoms with van der Waals surface area (Å²) in [5, 5.41) is 5.32. The number of carbonyl (C=O) groups is 3. The van der Waals surface area contributed by atoms with E-state index in [1.54, 1.807) is 0 Å². The molecule has 3 heterocycles. The van der Waals surface area contributed by atoms with Crippen LogP contribution in [0.2, 0.25) is 0 Å². The number of piperidine rings is 2. The molecular formula is C21H28N4O3. The predicted octanol–water partition coefficient (Wildman–Crippen LogP) is 1.14. The van der Waals surface area contributed by atoms with Crippen molar-refractivity contribution in [2.45, 2.75) is 38.1 Å². The molecule has 3 fully saturated rings. The molecule has 28 heavy (non-hydrogen) atoms. The van der Waals surface area contributed by atoms with E-state index in [1.165, 1.54) is 5.56 Å². The normalized spacial score (nSPS) is 24.2. The maximum absolute atomic E-state index is 12.6. The summed E-state index contributed by atoms with van der Waals surface area (Å²) >= 11 is 0. The maximum Gasteiger partial charge on any atom is 0.315 e. The number of benzene rings is 1. The van der Waals surface area contributed by atoms with Crippen molar-refractivity contribution in [1.29, 1.82) is 0 Å². The van der Waals surface area contributed by atoms with E-state index in [4.69, 9.17) is 0 Å². The SMILES string of the molecule is O=C1NC[C@@H](C(=O)N2CCC3(CCC(=O)N(CCc4ccccc4)C3)CC2)N1. The summed E-state index contributed by atoms with van der Waals surface area (Å²) in [4.78, 5) is 40.2. The summed E-state index contributed by atoms with van der Waals surface area (Å²) < 4.78 is 0. The van der Waals surface area contributed by atoms with E-state index in [0.29, 0.717) is 26.1 Å². The Morgan fingerprint density at radius 1 is 1.11 bits per heavy atom. The minimum absolute atomic E-state index is 0.000944. The summed E-state index contributed by atoms with van der Waals surface area (Å²) in [7, 11) is 0. The number of hydrogen-bond acceptors (Lipinski definition) is 3. The highest BCUT2D eigenvalue weighted by molar-refractivity contribution is 5.90. The fourth-order valence-corrected chi connectivity index (χ4v) is 4.65. The van der Waals surface area contributed by atoms with Gasteiger partial charge in [-0.25, -0.2) is 4.79 Å². The number of rotatable bonds is 4. The van der Waals surface area contributed by atoms with Crippen LogP contribution in [0, 0.1) is 5.41 Å². The molecule has 0 unspecified atom stereocenters. The van der Waals surface area contributed by atoms with Gasteiger partial charge >= 0.3 is 6.03 Å². The number of urea groups is 1. The zero-order valence-electron chi connectivity index (χ0n) is 16.2. The molecule has 1 aromatic carbocycles. The van der Waals surface area contributed by atoms with Crippen molar-refractivity contribution in [2.75, 3.05) is 32.7 Å². The number of nitrogens with zero attached hydrogens (tertiary/aromatic N) is 2. The molecular weight excluding hydrogens is 356 g/mol. The van der Waals surface area contributed by atoms with E-state index in [0.717, 1.165) is 38.8 Å². The standard InChI is InChI=1S/C21H28N4O3/c26-18-6-8-21(15-25(18)11-7-16-4-2-1-3-5-16)9-12-24(13-10-21)19(27)17-14-22-20(28)23-17/h1-5,17H,6-15H2,(H2,22,23,28)/t17-/m0/s1. The Morgan fingerprint density at radius 2 is 1.86 bits per heavy atom. The first-order valence-electron chi connectivity index (χ1n) is 10.2. The second kappa shape index (κ2) is 7.81. The molecule has 0 bridgehead atoms. The van der Waals surface area contributed by atoms with Crippen molar-refractivity contribution < 1.29 is 14.4 Å². The van der Waals surface area contributed by atoms with Gasteiger partial charge in [0.2, 0.25) is 11.8 Å². The highest BCUT2D eigenvalue weighted by Gasteiger charge is 2.42. The van der Waals surface area contributed by atoms with Crippen LogP contribution in [0.15, 0.2) is 30.3 Å². The van der Waals surface area contributed by atoms with E-state index in [2.05, 4.69) is 22.8 Å². The number of hydrogen-bond donors (Lipinski definition) is 2. The topological polar surface area (TPSA) is 81.8 Å². The average molecular weight is 384 g/mol. The van der Waals surface area contributed by atoms with Crippen molar-refractivity contribution in [1.82, 2.24) is 20.4 Å². The van der Waals surface area contributed by atoms with Crippen molar-refractivity contribution >= 4 is 17.8 Å². The van der Waals surface area contributed by atoms with Crippen LogP contribution in [0.3, 0.4) is 0 Å². The minimum atomic E-state index is -0.447. The van der Waals surface area contributed by atoms with Gasteiger partial charge in [-0.2, -0.15) is 0 Å². The third kappa shape index (κ3) is 3.98. The molecule has 2 N–H and O–H groups in total. The Morgan fingerprint density at radius 3 is 2.54 bits per heavy atom. The third-order valence-electron chi connectivity index (χ3n) is 6.47. The molecule has 3 aliphatic rings. The minimum Gasteiger partial charge on any atom is -0.342 e. The molecule has 0 radical (unpaired) electrons. The van der Waals surface area contributed by atoms with Gasteiger partial charge in [0.15, 0.2) is 0 Å². The van der Waals surface area contributed by atoms with Crippen molar-refractivity contribution in [3.05, 3.63) is 35.9 Å². The summed E-state index contributed by atoms with van der Waals surface area (Å²) in [6.07, 6.45) is 4.23. The van der Waals surface area contributed by atoms with E-state index in [-0.39, 0.29) is 23.3 Å². The van der Waals surface area contributed by atoms with E-state index in [1.807, 2.05) is 28.0 Å². The molecule has 1 spiro atoms. The highest BCUT2D eigenvalue weighted by Crippen LogP contribution is 2.40. The van der Waals surface area contributed by atoms with Crippen LogP contribution in [0.1, 0.15) is 31.2 Å². The molecule has 4 amide bonds. The number of amides is 4. The lowest BCUT2D eigenvalue weighted by atomic mass is 9.72. The van der Waals surface area contributed by atoms with Gasteiger partial charge in [-0.05, 0) is 36.7 Å². The summed E-state index contributed by atoms with van der Waals surface area (Å²) in [5.74, 6) is 0.251. The van der Waals surface area contributed by atoms with Crippen LogP contribution in [0.5, 0.6) is 0 Å². The molecule has 150 valence electrons.